The summed E-state index contributed by atoms with van der Waals surface area (Å²) in [6, 6.07) is 14.2. The molecule has 0 fully saturated rings. The average molecular weight is 293 g/mol. The molecule has 0 radical (unpaired) electrons. The first-order valence-corrected chi connectivity index (χ1v) is 7.44. The van der Waals surface area contributed by atoms with Crippen LogP contribution in [0.3, 0.4) is 0 Å². The number of thioether (sulfide) groups is 1. The van der Waals surface area contributed by atoms with Gasteiger partial charge in [-0.2, -0.15) is 0 Å². The number of fused-ring (bicyclic) bond motifs is 2. The van der Waals surface area contributed by atoms with Crippen molar-refractivity contribution in [3.05, 3.63) is 58.5 Å². The van der Waals surface area contributed by atoms with Crippen LogP contribution >= 0.6 is 11.8 Å². The van der Waals surface area contributed by atoms with Crippen LogP contribution in [0.1, 0.15) is 11.1 Å². The number of methoxy groups -OCH3 is 1. The SMILES string of the molecule is COc1c2ccc(-c3ccccc3)c1/C2=C1\SC=NC1=O. The zero-order chi connectivity index (χ0) is 14.4. The van der Waals surface area contributed by atoms with Crippen molar-refractivity contribution in [3.63, 3.8) is 0 Å². The molecule has 21 heavy (non-hydrogen) atoms. The minimum atomic E-state index is -0.164. The lowest BCUT2D eigenvalue weighted by molar-refractivity contribution is -0.113. The Kier molecular flexibility index (Phi) is 2.72. The van der Waals surface area contributed by atoms with Crippen molar-refractivity contribution < 1.29 is 9.53 Å². The van der Waals surface area contributed by atoms with E-state index in [2.05, 4.69) is 23.2 Å². The van der Waals surface area contributed by atoms with Crippen molar-refractivity contribution in [3.8, 4) is 16.9 Å². The molecule has 2 aromatic carbocycles. The molecule has 0 saturated heterocycles. The smallest absolute Gasteiger partial charge is 0.284 e. The minimum absolute atomic E-state index is 0.164. The van der Waals surface area contributed by atoms with Crippen molar-refractivity contribution in [1.82, 2.24) is 0 Å². The van der Waals surface area contributed by atoms with Crippen LogP contribution in [0.25, 0.3) is 16.7 Å². The Morgan fingerprint density at radius 1 is 1.05 bits per heavy atom. The highest BCUT2D eigenvalue weighted by Gasteiger charge is 2.35. The van der Waals surface area contributed by atoms with Gasteiger partial charge in [0.2, 0.25) is 0 Å². The van der Waals surface area contributed by atoms with Gasteiger partial charge in [-0.1, -0.05) is 48.2 Å². The van der Waals surface area contributed by atoms with Gasteiger partial charge in [-0.3, -0.25) is 4.79 Å². The second kappa shape index (κ2) is 4.60. The van der Waals surface area contributed by atoms with Gasteiger partial charge in [0.05, 0.1) is 17.6 Å². The quantitative estimate of drug-likeness (QED) is 0.676. The maximum atomic E-state index is 11.9. The fourth-order valence-electron chi connectivity index (χ4n) is 2.81. The van der Waals surface area contributed by atoms with Gasteiger partial charge in [0.25, 0.3) is 5.91 Å². The predicted octanol–water partition coefficient (Wildman–Crippen LogP) is 3.74. The van der Waals surface area contributed by atoms with E-state index >= 15 is 0 Å². The summed E-state index contributed by atoms with van der Waals surface area (Å²) < 4.78 is 5.50. The molecule has 4 rings (SSSR count). The maximum absolute atomic E-state index is 11.9. The third kappa shape index (κ3) is 1.69. The largest absolute Gasteiger partial charge is 0.495 e. The lowest BCUT2D eigenvalue weighted by Gasteiger charge is -2.29. The number of amides is 1. The molecular weight excluding hydrogens is 282 g/mol. The van der Waals surface area contributed by atoms with Crippen LogP contribution in [0.2, 0.25) is 0 Å². The summed E-state index contributed by atoms with van der Waals surface area (Å²) in [6.07, 6.45) is 0. The van der Waals surface area contributed by atoms with Crippen LogP contribution in [0.15, 0.2) is 52.4 Å². The van der Waals surface area contributed by atoms with Gasteiger partial charge < -0.3 is 4.74 Å². The van der Waals surface area contributed by atoms with Crippen molar-refractivity contribution >= 4 is 28.8 Å². The zero-order valence-electron chi connectivity index (χ0n) is 11.3. The number of rotatable bonds is 2. The second-order valence-corrected chi connectivity index (χ2v) is 5.65. The standard InChI is InChI=1S/C17H11NO2S/c1-20-15-12-8-7-11(10-5-3-2-4-6-10)13(15)14(12)16-17(19)18-9-21-16/h2-9H,1H3/b16-14-. The second-order valence-electron chi connectivity index (χ2n) is 4.80. The van der Waals surface area contributed by atoms with Crippen LogP contribution in [-0.2, 0) is 4.79 Å². The molecule has 4 heteroatoms. The Morgan fingerprint density at radius 2 is 1.81 bits per heavy atom. The fraction of sp³-hybridized carbons (Fsp3) is 0.0588. The van der Waals surface area contributed by atoms with E-state index in [0.717, 1.165) is 33.6 Å². The summed E-state index contributed by atoms with van der Waals surface area (Å²) in [5, 5.41) is 0. The minimum Gasteiger partial charge on any atom is -0.495 e. The van der Waals surface area contributed by atoms with E-state index in [1.807, 2.05) is 24.3 Å². The van der Waals surface area contributed by atoms with Gasteiger partial charge in [-0.05, 0) is 17.2 Å². The Morgan fingerprint density at radius 3 is 2.48 bits per heavy atom. The van der Waals surface area contributed by atoms with E-state index in [9.17, 15) is 4.79 Å². The van der Waals surface area contributed by atoms with E-state index in [0.29, 0.717) is 4.91 Å². The lowest BCUT2D eigenvalue weighted by atomic mass is 9.78. The number of carbonyl (C=O) groups is 1. The highest BCUT2D eigenvalue weighted by Crippen LogP contribution is 2.55. The fourth-order valence-corrected chi connectivity index (χ4v) is 3.55. The van der Waals surface area contributed by atoms with Crippen LogP contribution in [-0.4, -0.2) is 18.6 Å². The first-order valence-electron chi connectivity index (χ1n) is 6.56. The maximum Gasteiger partial charge on any atom is 0.284 e. The predicted molar refractivity (Wildman–Crippen MR) is 85.5 cm³/mol. The van der Waals surface area contributed by atoms with E-state index in [1.54, 1.807) is 12.7 Å². The van der Waals surface area contributed by atoms with E-state index in [1.165, 1.54) is 11.8 Å². The number of aliphatic imine (C=N–C) groups is 1. The van der Waals surface area contributed by atoms with Crippen LogP contribution in [0, 0.1) is 0 Å². The normalized spacial score (nSPS) is 18.8. The van der Waals surface area contributed by atoms with Gasteiger partial charge >= 0.3 is 0 Å². The molecule has 1 amide bonds. The van der Waals surface area contributed by atoms with Gasteiger partial charge in [0, 0.05) is 16.7 Å². The molecule has 2 aliphatic rings. The molecule has 0 atom stereocenters. The molecule has 0 N–H and O–H groups in total. The first-order chi connectivity index (χ1) is 10.3. The molecule has 102 valence electrons. The van der Waals surface area contributed by atoms with Crippen molar-refractivity contribution in [1.29, 1.82) is 0 Å². The Labute approximate surface area is 126 Å². The Balaban J connectivity index is 1.95. The zero-order valence-corrected chi connectivity index (χ0v) is 12.1. The third-order valence-electron chi connectivity index (χ3n) is 3.73. The molecule has 1 aliphatic heterocycles. The highest BCUT2D eigenvalue weighted by molar-refractivity contribution is 8.17. The topological polar surface area (TPSA) is 38.7 Å². The summed E-state index contributed by atoms with van der Waals surface area (Å²) in [5.41, 5.74) is 6.78. The highest BCUT2D eigenvalue weighted by atomic mass is 32.2. The van der Waals surface area contributed by atoms with E-state index in [-0.39, 0.29) is 5.91 Å². The average Bonchev–Trinajstić information content (AvgIpc) is 2.94. The molecule has 1 heterocycles. The molecule has 2 bridgehead atoms. The number of hydrogen-bond acceptors (Lipinski definition) is 3. The van der Waals surface area contributed by atoms with Gasteiger partial charge in [-0.25, -0.2) is 4.99 Å². The summed E-state index contributed by atoms with van der Waals surface area (Å²) >= 11 is 1.38. The lowest BCUT2D eigenvalue weighted by Crippen LogP contribution is -2.12. The molecule has 0 saturated carbocycles. The van der Waals surface area contributed by atoms with Crippen LogP contribution in [0.5, 0.6) is 5.75 Å². The van der Waals surface area contributed by atoms with Crippen LogP contribution < -0.4 is 4.74 Å². The summed E-state index contributed by atoms with van der Waals surface area (Å²) in [6.45, 7) is 0. The molecule has 0 spiro atoms. The Hall–Kier alpha value is -2.33. The number of ether oxygens (including phenoxy) is 1. The van der Waals surface area contributed by atoms with E-state index < -0.39 is 0 Å². The number of carbonyl (C=O) groups excluding carboxylic acids is 1. The van der Waals surface area contributed by atoms with E-state index in [4.69, 9.17) is 4.74 Å². The van der Waals surface area contributed by atoms with Crippen molar-refractivity contribution in [2.45, 2.75) is 0 Å². The summed E-state index contributed by atoms with van der Waals surface area (Å²) in [5.74, 6) is 0.696. The van der Waals surface area contributed by atoms with Gasteiger partial charge in [0.1, 0.15) is 5.75 Å². The van der Waals surface area contributed by atoms with Crippen LogP contribution in [0.4, 0.5) is 0 Å². The van der Waals surface area contributed by atoms with Crippen molar-refractivity contribution in [2.24, 2.45) is 4.99 Å². The molecule has 1 aliphatic carbocycles. The molecule has 2 aromatic rings. The first kappa shape index (κ1) is 12.4. The third-order valence-corrected chi connectivity index (χ3v) is 4.55. The molecule has 0 aromatic heterocycles. The molecular formula is C17H11NO2S. The van der Waals surface area contributed by atoms with Crippen molar-refractivity contribution in [2.75, 3.05) is 7.11 Å². The summed E-state index contributed by atoms with van der Waals surface area (Å²) in [4.78, 5) is 16.4. The number of benzene rings is 2. The summed E-state index contributed by atoms with van der Waals surface area (Å²) in [7, 11) is 1.67. The monoisotopic (exact) mass is 293 g/mol. The molecule has 3 nitrogen and oxygen atoms in total. The molecule has 0 unspecified atom stereocenters. The number of hydrogen-bond donors (Lipinski definition) is 0. The number of nitrogens with zero attached hydrogens (tertiary/aromatic N) is 1. The van der Waals surface area contributed by atoms with Gasteiger partial charge in [-0.15, -0.1) is 0 Å². The Bertz CT molecular complexity index is 822. The van der Waals surface area contributed by atoms with Gasteiger partial charge in [0.15, 0.2) is 0 Å².